The molecular weight excluding hydrogens is 536 g/mol. The number of nitrogens with one attached hydrogen (secondary N) is 1. The fourth-order valence-electron chi connectivity index (χ4n) is 7.23. The van der Waals surface area contributed by atoms with Crippen LogP contribution >= 0.6 is 11.6 Å². The maximum atomic E-state index is 14.9. The van der Waals surface area contributed by atoms with E-state index in [0.717, 1.165) is 5.56 Å². The molecule has 4 aliphatic rings. The molecule has 4 aromatic carbocycles. The van der Waals surface area contributed by atoms with Crippen LogP contribution in [0.4, 0.5) is 5.69 Å². The Morgan fingerprint density at radius 1 is 0.756 bits per heavy atom. The van der Waals surface area contributed by atoms with Gasteiger partial charge in [-0.1, -0.05) is 90.5 Å². The first kappa shape index (κ1) is 24.1. The molecule has 0 radical (unpaired) electrons. The molecule has 8 rings (SSSR count). The van der Waals surface area contributed by atoms with Gasteiger partial charge in [-0.3, -0.25) is 14.4 Å². The molecule has 1 fully saturated rings. The SMILES string of the molecule is O=C1Nc2ccccc2/C1=C1\N2C=Cc3ccccc3C2C2(C(=O)c3ccccc3C2=O)C1(O)c1ccc(Cl)cc1. The number of ketones is 2. The molecule has 1 saturated heterocycles. The lowest BCUT2D eigenvalue weighted by molar-refractivity contribution is -0.111. The van der Waals surface area contributed by atoms with Crippen LogP contribution in [0.25, 0.3) is 11.6 Å². The smallest absolute Gasteiger partial charge is 0.258 e. The number of nitrogens with zero attached hydrogens (tertiary/aromatic N) is 1. The van der Waals surface area contributed by atoms with E-state index < -0.39 is 34.5 Å². The number of carbonyl (C=O) groups is 3. The lowest BCUT2D eigenvalue weighted by Gasteiger charge is -2.40. The highest BCUT2D eigenvalue weighted by Crippen LogP contribution is 2.69. The third-order valence-corrected chi connectivity index (χ3v) is 9.12. The highest BCUT2D eigenvalue weighted by molar-refractivity contribution is 6.35. The molecule has 2 N–H and O–H groups in total. The van der Waals surface area contributed by atoms with Gasteiger partial charge in [0.15, 0.2) is 22.6 Å². The van der Waals surface area contributed by atoms with Gasteiger partial charge in [0.2, 0.25) is 0 Å². The van der Waals surface area contributed by atoms with Crippen molar-refractivity contribution < 1.29 is 19.5 Å². The van der Waals surface area contributed by atoms with Gasteiger partial charge >= 0.3 is 0 Å². The first-order valence-electron chi connectivity index (χ1n) is 13.3. The van der Waals surface area contributed by atoms with E-state index in [9.17, 15) is 19.5 Å². The summed E-state index contributed by atoms with van der Waals surface area (Å²) in [6.07, 6.45) is 3.65. The van der Waals surface area contributed by atoms with Crippen molar-refractivity contribution in [1.82, 2.24) is 4.90 Å². The predicted molar refractivity (Wildman–Crippen MR) is 155 cm³/mol. The molecule has 198 valence electrons. The molecule has 1 aliphatic carbocycles. The Morgan fingerprint density at radius 3 is 2.07 bits per heavy atom. The van der Waals surface area contributed by atoms with Gasteiger partial charge in [-0.05, 0) is 41.0 Å². The summed E-state index contributed by atoms with van der Waals surface area (Å²) in [6, 6.07) is 27.0. The largest absolute Gasteiger partial charge is 0.377 e. The topological polar surface area (TPSA) is 86.7 Å². The summed E-state index contributed by atoms with van der Waals surface area (Å²) in [6.45, 7) is 0. The van der Waals surface area contributed by atoms with E-state index in [0.29, 0.717) is 21.8 Å². The van der Waals surface area contributed by atoms with E-state index in [4.69, 9.17) is 11.6 Å². The number of carbonyl (C=O) groups excluding carboxylic acids is 3. The monoisotopic (exact) mass is 556 g/mol. The van der Waals surface area contributed by atoms with Crippen LogP contribution in [-0.2, 0) is 10.4 Å². The molecule has 3 aliphatic heterocycles. The standard InChI is InChI=1S/C34H21ClN2O4/c35-21-15-13-20(14-16-21)34(41)29(27-25-11-5-6-12-26(25)36-32(27)40)37-18-17-19-7-1-2-8-22(19)28(37)33(34)30(38)23-9-3-4-10-24(23)31(33)39/h1-18,28,41H,(H,36,40)/b29-27+. The molecule has 2 atom stereocenters. The number of para-hydroxylation sites is 1. The number of benzene rings is 4. The van der Waals surface area contributed by atoms with E-state index in [1.807, 2.05) is 42.5 Å². The van der Waals surface area contributed by atoms with Crippen LogP contribution in [0.5, 0.6) is 0 Å². The summed E-state index contributed by atoms with van der Waals surface area (Å²) in [4.78, 5) is 45.3. The van der Waals surface area contributed by atoms with Gasteiger partial charge in [0, 0.05) is 33.6 Å². The Morgan fingerprint density at radius 2 is 1.37 bits per heavy atom. The van der Waals surface area contributed by atoms with Gasteiger partial charge in [0.1, 0.15) is 0 Å². The van der Waals surface area contributed by atoms with Gasteiger partial charge in [-0.15, -0.1) is 0 Å². The summed E-state index contributed by atoms with van der Waals surface area (Å²) in [5.41, 5.74) is -0.413. The first-order valence-corrected chi connectivity index (χ1v) is 13.6. The quantitative estimate of drug-likeness (QED) is 0.222. The van der Waals surface area contributed by atoms with Crippen LogP contribution in [0.3, 0.4) is 0 Å². The second-order valence-corrected chi connectivity index (χ2v) is 11.1. The van der Waals surface area contributed by atoms with Crippen molar-refractivity contribution in [3.63, 3.8) is 0 Å². The van der Waals surface area contributed by atoms with Gasteiger partial charge in [0.05, 0.1) is 17.3 Å². The van der Waals surface area contributed by atoms with Crippen molar-refractivity contribution in [2.24, 2.45) is 5.41 Å². The summed E-state index contributed by atoms with van der Waals surface area (Å²) in [7, 11) is 0. The van der Waals surface area contributed by atoms with Crippen molar-refractivity contribution >= 4 is 46.4 Å². The van der Waals surface area contributed by atoms with Gasteiger partial charge in [-0.25, -0.2) is 0 Å². The Balaban J connectivity index is 1.57. The Hall–Kier alpha value is -4.78. The zero-order valence-corrected chi connectivity index (χ0v) is 22.2. The van der Waals surface area contributed by atoms with Crippen molar-refractivity contribution in [2.45, 2.75) is 11.6 Å². The van der Waals surface area contributed by atoms with Crippen molar-refractivity contribution in [3.05, 3.63) is 147 Å². The van der Waals surface area contributed by atoms with Crippen molar-refractivity contribution in [2.75, 3.05) is 5.32 Å². The maximum absolute atomic E-state index is 14.9. The number of Topliss-reactive ketones (excluding diaryl/α,β-unsaturated/α-hetero) is 2. The molecule has 1 spiro atoms. The van der Waals surface area contributed by atoms with Gasteiger partial charge < -0.3 is 15.3 Å². The zero-order chi connectivity index (χ0) is 28.1. The number of hydrogen-bond acceptors (Lipinski definition) is 5. The number of fused-ring (bicyclic) bond motifs is 6. The third-order valence-electron chi connectivity index (χ3n) is 8.87. The van der Waals surface area contributed by atoms with E-state index in [2.05, 4.69) is 5.32 Å². The molecule has 2 unspecified atom stereocenters. The lowest BCUT2D eigenvalue weighted by Crippen LogP contribution is -2.53. The normalized spacial score (nSPS) is 24.8. The highest BCUT2D eigenvalue weighted by atomic mass is 35.5. The second kappa shape index (κ2) is 8.13. The molecule has 6 nitrogen and oxygen atoms in total. The number of amides is 1. The average Bonchev–Trinajstić information content (AvgIpc) is 3.53. The predicted octanol–water partition coefficient (Wildman–Crippen LogP) is 6.00. The van der Waals surface area contributed by atoms with E-state index >= 15 is 0 Å². The Kier molecular flexibility index (Phi) is 4.77. The first-order chi connectivity index (χ1) is 19.9. The molecule has 3 heterocycles. The number of anilines is 1. The minimum absolute atomic E-state index is 0.174. The fraction of sp³-hybridized carbons (Fsp3) is 0.0882. The van der Waals surface area contributed by atoms with Gasteiger partial charge in [-0.2, -0.15) is 0 Å². The molecular formula is C34H21ClN2O4. The van der Waals surface area contributed by atoms with Crippen LogP contribution < -0.4 is 5.32 Å². The van der Waals surface area contributed by atoms with Crippen molar-refractivity contribution in [3.8, 4) is 0 Å². The van der Waals surface area contributed by atoms with Crippen LogP contribution in [0.2, 0.25) is 5.02 Å². The maximum Gasteiger partial charge on any atom is 0.258 e. The number of rotatable bonds is 1. The van der Waals surface area contributed by atoms with Crippen LogP contribution in [-0.4, -0.2) is 27.5 Å². The summed E-state index contributed by atoms with van der Waals surface area (Å²) in [5, 5.41) is 16.8. The molecule has 0 bridgehead atoms. The van der Waals surface area contributed by atoms with Crippen molar-refractivity contribution in [1.29, 1.82) is 0 Å². The van der Waals surface area contributed by atoms with E-state index in [1.54, 1.807) is 71.8 Å². The Bertz CT molecular complexity index is 1890. The lowest BCUT2D eigenvalue weighted by atomic mass is 9.60. The number of aliphatic hydroxyl groups is 1. The minimum atomic E-state index is -2.25. The summed E-state index contributed by atoms with van der Waals surface area (Å²) < 4.78 is 0. The molecule has 4 aromatic rings. The highest BCUT2D eigenvalue weighted by Gasteiger charge is 2.77. The summed E-state index contributed by atoms with van der Waals surface area (Å²) in [5.74, 6) is -1.40. The zero-order valence-electron chi connectivity index (χ0n) is 21.5. The average molecular weight is 557 g/mol. The molecule has 7 heteroatoms. The fourth-order valence-corrected chi connectivity index (χ4v) is 7.35. The Labute approximate surface area is 240 Å². The number of halogens is 1. The molecule has 0 saturated carbocycles. The molecule has 41 heavy (non-hydrogen) atoms. The number of hydrogen-bond donors (Lipinski definition) is 2. The van der Waals surface area contributed by atoms with Crippen LogP contribution in [0.1, 0.15) is 49.0 Å². The minimum Gasteiger partial charge on any atom is -0.377 e. The van der Waals surface area contributed by atoms with E-state index in [-0.39, 0.29) is 28.0 Å². The van der Waals surface area contributed by atoms with Crippen LogP contribution in [0, 0.1) is 5.41 Å². The van der Waals surface area contributed by atoms with Gasteiger partial charge in [0.25, 0.3) is 5.91 Å². The second-order valence-electron chi connectivity index (χ2n) is 10.7. The van der Waals surface area contributed by atoms with E-state index in [1.165, 1.54) is 0 Å². The summed E-state index contributed by atoms with van der Waals surface area (Å²) >= 11 is 6.27. The third kappa shape index (κ3) is 2.78. The van der Waals surface area contributed by atoms with Crippen LogP contribution in [0.15, 0.2) is 109 Å². The molecule has 0 aromatic heterocycles. The molecule has 1 amide bonds.